The third-order valence-electron chi connectivity index (χ3n) is 6.13. The maximum absolute atomic E-state index is 13.5. The molecule has 35 heavy (non-hydrogen) atoms. The molecule has 0 unspecified atom stereocenters. The predicted octanol–water partition coefficient (Wildman–Crippen LogP) is 6.60. The van der Waals surface area contributed by atoms with Gasteiger partial charge in [0.1, 0.15) is 11.5 Å². The van der Waals surface area contributed by atoms with Crippen molar-refractivity contribution in [2.75, 3.05) is 7.11 Å². The molecule has 0 amide bonds. The number of methoxy groups -OCH3 is 1. The molecule has 0 saturated carbocycles. The Morgan fingerprint density at radius 3 is 2.40 bits per heavy atom. The third-order valence-corrected chi connectivity index (χ3v) is 6.38. The van der Waals surface area contributed by atoms with Gasteiger partial charge < -0.3 is 9.47 Å². The Bertz CT molecular complexity index is 1580. The van der Waals surface area contributed by atoms with E-state index in [0.717, 1.165) is 16.2 Å². The minimum Gasteiger partial charge on any atom is -0.497 e. The van der Waals surface area contributed by atoms with Gasteiger partial charge in [0.2, 0.25) is 0 Å². The van der Waals surface area contributed by atoms with Crippen molar-refractivity contribution in [1.82, 2.24) is 4.57 Å². The van der Waals surface area contributed by atoms with Gasteiger partial charge >= 0.3 is 5.97 Å². The van der Waals surface area contributed by atoms with Crippen LogP contribution < -0.4 is 9.47 Å². The average Bonchev–Trinajstić information content (AvgIpc) is 3.14. The zero-order chi connectivity index (χ0) is 24.5. The Morgan fingerprint density at radius 2 is 1.63 bits per heavy atom. The Hall–Kier alpha value is -4.09. The highest BCUT2D eigenvalue weighted by Gasteiger charge is 2.23. The summed E-state index contributed by atoms with van der Waals surface area (Å²) in [5.74, 6) is 0.523. The summed E-state index contributed by atoms with van der Waals surface area (Å²) in [5.41, 5.74) is 2.57. The van der Waals surface area contributed by atoms with Crippen molar-refractivity contribution in [2.24, 2.45) is 0 Å². The fourth-order valence-corrected chi connectivity index (χ4v) is 4.51. The number of halogens is 1. The molecule has 5 aromatic rings. The molecule has 0 N–H and O–H groups in total. The lowest BCUT2D eigenvalue weighted by Crippen LogP contribution is -2.15. The van der Waals surface area contributed by atoms with Gasteiger partial charge in [0.25, 0.3) is 5.91 Å². The minimum absolute atomic E-state index is 0.000377. The number of hydrogen-bond acceptors (Lipinski definition) is 4. The molecular weight excluding hydrogens is 462 g/mol. The number of benzene rings is 4. The van der Waals surface area contributed by atoms with Crippen molar-refractivity contribution in [3.63, 3.8) is 0 Å². The zero-order valence-electron chi connectivity index (χ0n) is 19.2. The SMILES string of the molecule is COc1ccc2c(c1)c(CC(=O)Oc1cccc3ccccc13)c(C)n2C(=O)c1ccc(Cl)cc1. The highest BCUT2D eigenvalue weighted by Crippen LogP contribution is 2.32. The van der Waals surface area contributed by atoms with Gasteiger partial charge in [-0.05, 0) is 66.4 Å². The molecule has 0 atom stereocenters. The van der Waals surface area contributed by atoms with Gasteiger partial charge in [0.05, 0.1) is 19.0 Å². The highest BCUT2D eigenvalue weighted by molar-refractivity contribution is 6.30. The molecule has 0 bridgehead atoms. The van der Waals surface area contributed by atoms with Gasteiger partial charge in [-0.25, -0.2) is 0 Å². The Labute approximate surface area is 207 Å². The molecular formula is C29H22ClNO4. The molecule has 1 aromatic heterocycles. The highest BCUT2D eigenvalue weighted by atomic mass is 35.5. The van der Waals surface area contributed by atoms with Crippen molar-refractivity contribution >= 4 is 45.2 Å². The fraction of sp³-hybridized carbons (Fsp3) is 0.103. The monoisotopic (exact) mass is 483 g/mol. The van der Waals surface area contributed by atoms with Gasteiger partial charge in [-0.2, -0.15) is 0 Å². The quantitative estimate of drug-likeness (QED) is 0.209. The lowest BCUT2D eigenvalue weighted by atomic mass is 10.1. The van der Waals surface area contributed by atoms with Crippen LogP contribution in [0.2, 0.25) is 5.02 Å². The van der Waals surface area contributed by atoms with E-state index in [1.807, 2.05) is 55.5 Å². The maximum atomic E-state index is 13.5. The Kier molecular flexibility index (Phi) is 6.01. The van der Waals surface area contributed by atoms with Gasteiger partial charge in [0, 0.05) is 27.1 Å². The number of hydrogen-bond donors (Lipinski definition) is 0. The van der Waals surface area contributed by atoms with E-state index in [2.05, 4.69) is 0 Å². The summed E-state index contributed by atoms with van der Waals surface area (Å²) in [4.78, 5) is 26.6. The van der Waals surface area contributed by atoms with Gasteiger partial charge in [-0.15, -0.1) is 0 Å². The lowest BCUT2D eigenvalue weighted by Gasteiger charge is -2.09. The van der Waals surface area contributed by atoms with Crippen molar-refractivity contribution < 1.29 is 19.1 Å². The number of ether oxygens (including phenoxy) is 2. The predicted molar refractivity (Wildman–Crippen MR) is 138 cm³/mol. The van der Waals surface area contributed by atoms with E-state index >= 15 is 0 Å². The van der Waals surface area contributed by atoms with Crippen LogP contribution in [0.15, 0.2) is 84.9 Å². The minimum atomic E-state index is -0.412. The first-order valence-electron chi connectivity index (χ1n) is 11.1. The topological polar surface area (TPSA) is 57.5 Å². The molecule has 0 aliphatic carbocycles. The van der Waals surface area contributed by atoms with Crippen LogP contribution in [0, 0.1) is 6.92 Å². The summed E-state index contributed by atoms with van der Waals surface area (Å²) >= 11 is 6.00. The van der Waals surface area contributed by atoms with E-state index < -0.39 is 5.97 Å². The van der Waals surface area contributed by atoms with Crippen molar-refractivity contribution in [3.8, 4) is 11.5 Å². The molecule has 1 heterocycles. The molecule has 5 rings (SSSR count). The van der Waals surface area contributed by atoms with Crippen molar-refractivity contribution in [2.45, 2.75) is 13.3 Å². The zero-order valence-corrected chi connectivity index (χ0v) is 20.0. The molecule has 0 fully saturated rings. The summed E-state index contributed by atoms with van der Waals surface area (Å²) in [6.07, 6.45) is -0.000377. The number of carbonyl (C=O) groups is 2. The first-order valence-corrected chi connectivity index (χ1v) is 11.5. The van der Waals surface area contributed by atoms with Crippen LogP contribution in [-0.2, 0) is 11.2 Å². The fourth-order valence-electron chi connectivity index (χ4n) is 4.38. The van der Waals surface area contributed by atoms with Crippen LogP contribution in [0.25, 0.3) is 21.7 Å². The van der Waals surface area contributed by atoms with Crippen LogP contribution in [0.5, 0.6) is 11.5 Å². The van der Waals surface area contributed by atoms with Crippen LogP contribution in [0.3, 0.4) is 0 Å². The number of nitrogens with zero attached hydrogens (tertiary/aromatic N) is 1. The summed E-state index contributed by atoms with van der Waals surface area (Å²) in [6.45, 7) is 1.83. The van der Waals surface area contributed by atoms with E-state index in [4.69, 9.17) is 21.1 Å². The molecule has 0 aliphatic heterocycles. The molecule has 0 saturated heterocycles. The Balaban J connectivity index is 1.55. The standard InChI is InChI=1S/C29H22ClNO4/c1-18-24(17-28(32)35-27-9-5-7-19-6-3-4-8-23(19)27)25-16-22(34-2)14-15-26(25)31(18)29(33)20-10-12-21(30)13-11-20/h3-16H,17H2,1-2H3. The van der Waals surface area contributed by atoms with Crippen LogP contribution in [-0.4, -0.2) is 23.6 Å². The van der Waals surface area contributed by atoms with Gasteiger partial charge in [-0.1, -0.05) is 48.0 Å². The summed E-state index contributed by atoms with van der Waals surface area (Å²) < 4.78 is 12.8. The van der Waals surface area contributed by atoms with E-state index in [0.29, 0.717) is 38.9 Å². The number of esters is 1. The lowest BCUT2D eigenvalue weighted by molar-refractivity contribution is -0.133. The number of aromatic nitrogens is 1. The summed E-state index contributed by atoms with van der Waals surface area (Å²) in [5, 5.41) is 3.17. The molecule has 174 valence electrons. The van der Waals surface area contributed by atoms with Gasteiger partial charge in [0.15, 0.2) is 0 Å². The third kappa shape index (κ3) is 4.27. The largest absolute Gasteiger partial charge is 0.497 e. The number of carbonyl (C=O) groups excluding carboxylic acids is 2. The first kappa shape index (κ1) is 22.7. The molecule has 5 nitrogen and oxygen atoms in total. The van der Waals surface area contributed by atoms with E-state index in [1.165, 1.54) is 0 Å². The number of rotatable bonds is 5. The smallest absolute Gasteiger partial charge is 0.315 e. The molecule has 4 aromatic carbocycles. The molecule has 6 heteroatoms. The molecule has 0 radical (unpaired) electrons. The Morgan fingerprint density at radius 1 is 0.886 bits per heavy atom. The second-order valence-corrected chi connectivity index (χ2v) is 8.66. The normalized spacial score (nSPS) is 11.1. The second-order valence-electron chi connectivity index (χ2n) is 8.22. The molecule has 0 aliphatic rings. The van der Waals surface area contributed by atoms with Crippen LogP contribution >= 0.6 is 11.6 Å². The van der Waals surface area contributed by atoms with E-state index in [9.17, 15) is 9.59 Å². The maximum Gasteiger partial charge on any atom is 0.315 e. The van der Waals surface area contributed by atoms with Crippen molar-refractivity contribution in [1.29, 1.82) is 0 Å². The number of fused-ring (bicyclic) bond motifs is 2. The second kappa shape index (κ2) is 9.28. The van der Waals surface area contributed by atoms with Crippen LogP contribution in [0.4, 0.5) is 0 Å². The average molecular weight is 484 g/mol. The van der Waals surface area contributed by atoms with E-state index in [1.54, 1.807) is 48.1 Å². The first-order chi connectivity index (χ1) is 17.0. The molecule has 0 spiro atoms. The van der Waals surface area contributed by atoms with Crippen molar-refractivity contribution in [3.05, 3.63) is 107 Å². The van der Waals surface area contributed by atoms with Crippen LogP contribution in [0.1, 0.15) is 21.6 Å². The van der Waals surface area contributed by atoms with E-state index in [-0.39, 0.29) is 12.3 Å². The summed E-state index contributed by atoms with van der Waals surface area (Å²) in [7, 11) is 1.58. The van der Waals surface area contributed by atoms with Gasteiger partial charge in [-0.3, -0.25) is 14.2 Å². The summed E-state index contributed by atoms with van der Waals surface area (Å²) in [6, 6.07) is 25.6.